The third-order valence-electron chi connectivity index (χ3n) is 4.20. The van der Waals surface area contributed by atoms with Crippen LogP contribution in [0.15, 0.2) is 36.4 Å². The zero-order valence-corrected chi connectivity index (χ0v) is 17.4. The number of carbonyl (C=O) groups excluding carboxylic acids is 2. The zero-order valence-electron chi connectivity index (χ0n) is 16.5. The molecule has 0 aliphatic rings. The van der Waals surface area contributed by atoms with Crippen molar-refractivity contribution in [1.29, 1.82) is 0 Å². The molecule has 0 bridgehead atoms. The number of rotatable bonds is 9. The van der Waals surface area contributed by atoms with E-state index in [0.717, 1.165) is 16.7 Å². The van der Waals surface area contributed by atoms with Gasteiger partial charge in [0.15, 0.2) is 11.5 Å². The highest BCUT2D eigenvalue weighted by Crippen LogP contribution is 2.31. The molecule has 0 spiro atoms. The number of esters is 1. The van der Waals surface area contributed by atoms with Crippen LogP contribution in [0.4, 0.5) is 0 Å². The Morgan fingerprint density at radius 2 is 1.64 bits per heavy atom. The van der Waals surface area contributed by atoms with Crippen molar-refractivity contribution in [2.75, 3.05) is 27.1 Å². The summed E-state index contributed by atoms with van der Waals surface area (Å²) in [5, 5.41) is 2.88. The van der Waals surface area contributed by atoms with Crippen LogP contribution in [-0.4, -0.2) is 39.0 Å². The van der Waals surface area contributed by atoms with Gasteiger partial charge >= 0.3 is 5.97 Å². The lowest BCUT2D eigenvalue weighted by Crippen LogP contribution is -2.24. The second-order valence-electron chi connectivity index (χ2n) is 6.09. The van der Waals surface area contributed by atoms with E-state index in [4.69, 9.17) is 9.47 Å². The lowest BCUT2D eigenvalue weighted by Gasteiger charge is -2.12. The van der Waals surface area contributed by atoms with Crippen LogP contribution >= 0.6 is 11.8 Å². The number of hydrogen-bond acceptors (Lipinski definition) is 6. The number of aryl methyl sites for hydroxylation is 1. The molecule has 0 atom stereocenters. The summed E-state index contributed by atoms with van der Waals surface area (Å²) in [7, 11) is 4.56. The maximum atomic E-state index is 12.1. The van der Waals surface area contributed by atoms with Gasteiger partial charge in [0.05, 0.1) is 32.6 Å². The summed E-state index contributed by atoms with van der Waals surface area (Å²) in [5.74, 6) is 2.02. The van der Waals surface area contributed by atoms with E-state index in [0.29, 0.717) is 35.1 Å². The molecule has 0 unspecified atom stereocenters. The van der Waals surface area contributed by atoms with E-state index >= 15 is 0 Å². The maximum Gasteiger partial charge on any atom is 0.337 e. The molecule has 2 aromatic carbocycles. The average molecular weight is 404 g/mol. The van der Waals surface area contributed by atoms with Crippen LogP contribution in [0.2, 0.25) is 0 Å². The van der Waals surface area contributed by atoms with Crippen molar-refractivity contribution >= 4 is 23.6 Å². The summed E-state index contributed by atoms with van der Waals surface area (Å²) in [4.78, 5) is 23.5. The first-order valence-corrected chi connectivity index (χ1v) is 9.87. The van der Waals surface area contributed by atoms with Crippen molar-refractivity contribution in [3.8, 4) is 11.5 Å². The van der Waals surface area contributed by atoms with Crippen LogP contribution in [0.1, 0.15) is 27.0 Å². The largest absolute Gasteiger partial charge is 0.493 e. The number of methoxy groups -OCH3 is 3. The number of nitrogens with one attached hydrogen (secondary N) is 1. The molecule has 2 rings (SSSR count). The Balaban J connectivity index is 1.81. The van der Waals surface area contributed by atoms with Crippen molar-refractivity contribution in [1.82, 2.24) is 5.32 Å². The molecule has 0 radical (unpaired) electrons. The topological polar surface area (TPSA) is 73.9 Å². The third-order valence-corrected chi connectivity index (χ3v) is 5.18. The van der Waals surface area contributed by atoms with Crippen molar-refractivity contribution in [3.05, 3.63) is 58.7 Å². The molecule has 0 saturated carbocycles. The average Bonchev–Trinajstić information content (AvgIpc) is 2.72. The smallest absolute Gasteiger partial charge is 0.337 e. The molecule has 6 nitrogen and oxygen atoms in total. The lowest BCUT2D eigenvalue weighted by molar-refractivity contribution is -0.118. The van der Waals surface area contributed by atoms with E-state index in [-0.39, 0.29) is 11.9 Å². The highest BCUT2D eigenvalue weighted by atomic mass is 32.2. The van der Waals surface area contributed by atoms with E-state index in [1.807, 2.05) is 19.1 Å². The molecule has 0 saturated heterocycles. The van der Waals surface area contributed by atoms with Gasteiger partial charge < -0.3 is 19.5 Å². The standard InChI is InChI=1S/C21H25NO5S/c1-14-9-18(25-2)19(26-3)10-17(14)12-28-13-20(23)22-11-15-5-7-16(8-6-15)21(24)27-4/h5-10H,11-13H2,1-4H3,(H,22,23). The predicted molar refractivity (Wildman–Crippen MR) is 110 cm³/mol. The van der Waals surface area contributed by atoms with Gasteiger partial charge in [-0.3, -0.25) is 4.79 Å². The van der Waals surface area contributed by atoms with Crippen LogP contribution in [0.5, 0.6) is 11.5 Å². The molecule has 0 heterocycles. The van der Waals surface area contributed by atoms with Gasteiger partial charge in [0.2, 0.25) is 5.91 Å². The van der Waals surface area contributed by atoms with E-state index in [9.17, 15) is 9.59 Å². The Hall–Kier alpha value is -2.67. The van der Waals surface area contributed by atoms with Crippen LogP contribution in [0.3, 0.4) is 0 Å². The molecule has 0 aliphatic carbocycles. The first-order chi connectivity index (χ1) is 13.5. The van der Waals surface area contributed by atoms with Gasteiger partial charge in [-0.25, -0.2) is 4.79 Å². The number of hydrogen-bond donors (Lipinski definition) is 1. The SMILES string of the molecule is COC(=O)c1ccc(CNC(=O)CSCc2cc(OC)c(OC)cc2C)cc1. The summed E-state index contributed by atoms with van der Waals surface area (Å²) in [6.45, 7) is 2.42. The molecule has 7 heteroatoms. The summed E-state index contributed by atoms with van der Waals surface area (Å²) in [6, 6.07) is 10.8. The monoisotopic (exact) mass is 403 g/mol. The molecule has 0 fully saturated rings. The molecule has 1 amide bonds. The fourth-order valence-electron chi connectivity index (χ4n) is 2.56. The fourth-order valence-corrected chi connectivity index (χ4v) is 3.48. The van der Waals surface area contributed by atoms with Gasteiger partial charge in [-0.2, -0.15) is 0 Å². The molecule has 1 N–H and O–H groups in total. The zero-order chi connectivity index (χ0) is 20.5. The van der Waals surface area contributed by atoms with Crippen molar-refractivity contribution in [2.24, 2.45) is 0 Å². The van der Waals surface area contributed by atoms with E-state index in [1.165, 1.54) is 18.9 Å². The van der Waals surface area contributed by atoms with Gasteiger partial charge in [-0.15, -0.1) is 11.8 Å². The number of thioether (sulfide) groups is 1. The number of benzene rings is 2. The third kappa shape index (κ3) is 5.92. The van der Waals surface area contributed by atoms with Gasteiger partial charge in [0, 0.05) is 12.3 Å². The Labute approximate surface area is 169 Å². The Morgan fingerprint density at radius 3 is 2.25 bits per heavy atom. The normalized spacial score (nSPS) is 10.3. The molecular weight excluding hydrogens is 378 g/mol. The Kier molecular flexibility index (Phi) is 8.19. The minimum absolute atomic E-state index is 0.0415. The van der Waals surface area contributed by atoms with Crippen LogP contribution in [0.25, 0.3) is 0 Å². The van der Waals surface area contributed by atoms with Crippen molar-refractivity contribution in [2.45, 2.75) is 19.2 Å². The first kappa shape index (κ1) is 21.6. The maximum absolute atomic E-state index is 12.1. The van der Waals surface area contributed by atoms with Crippen molar-refractivity contribution < 1.29 is 23.8 Å². The van der Waals surface area contributed by atoms with Gasteiger partial charge in [-0.05, 0) is 47.9 Å². The van der Waals surface area contributed by atoms with Gasteiger partial charge in [-0.1, -0.05) is 12.1 Å². The molecule has 0 aliphatic heterocycles. The Morgan fingerprint density at radius 1 is 1.00 bits per heavy atom. The summed E-state index contributed by atoms with van der Waals surface area (Å²) >= 11 is 1.54. The quantitative estimate of drug-likeness (QED) is 0.648. The lowest BCUT2D eigenvalue weighted by atomic mass is 10.1. The van der Waals surface area contributed by atoms with Gasteiger partial charge in [0.1, 0.15) is 0 Å². The molecule has 0 aromatic heterocycles. The second kappa shape index (κ2) is 10.6. The molecule has 2 aromatic rings. The minimum Gasteiger partial charge on any atom is -0.493 e. The van der Waals surface area contributed by atoms with E-state index in [2.05, 4.69) is 10.1 Å². The summed E-state index contributed by atoms with van der Waals surface area (Å²) in [5.41, 5.74) is 3.60. The molecule has 150 valence electrons. The number of carbonyl (C=O) groups is 2. The number of ether oxygens (including phenoxy) is 3. The first-order valence-electron chi connectivity index (χ1n) is 8.71. The second-order valence-corrected chi connectivity index (χ2v) is 7.08. The van der Waals surface area contributed by atoms with E-state index < -0.39 is 0 Å². The van der Waals surface area contributed by atoms with Gasteiger partial charge in [0.25, 0.3) is 0 Å². The summed E-state index contributed by atoms with van der Waals surface area (Å²) < 4.78 is 15.3. The van der Waals surface area contributed by atoms with Crippen molar-refractivity contribution in [3.63, 3.8) is 0 Å². The number of amides is 1. The summed E-state index contributed by atoms with van der Waals surface area (Å²) in [6.07, 6.45) is 0. The van der Waals surface area contributed by atoms with Crippen LogP contribution in [0, 0.1) is 6.92 Å². The highest BCUT2D eigenvalue weighted by molar-refractivity contribution is 7.99. The predicted octanol–water partition coefficient (Wildman–Crippen LogP) is 3.35. The highest BCUT2D eigenvalue weighted by Gasteiger charge is 2.10. The fraction of sp³-hybridized carbons (Fsp3) is 0.333. The Bertz CT molecular complexity index is 820. The van der Waals surface area contributed by atoms with E-state index in [1.54, 1.807) is 38.5 Å². The van der Waals surface area contributed by atoms with Crippen LogP contribution < -0.4 is 14.8 Å². The van der Waals surface area contributed by atoms with Crippen LogP contribution in [-0.2, 0) is 21.8 Å². The molecule has 28 heavy (non-hydrogen) atoms. The minimum atomic E-state index is -0.377. The molecular formula is C21H25NO5S.